The van der Waals surface area contributed by atoms with Crippen LogP contribution in [0, 0.1) is 6.42 Å². The summed E-state index contributed by atoms with van der Waals surface area (Å²) in [6.07, 6.45) is 9.49. The maximum Gasteiger partial charge on any atom is 0.0431 e. The van der Waals surface area contributed by atoms with E-state index >= 15 is 0 Å². The lowest BCUT2D eigenvalue weighted by Gasteiger charge is -1.97. The van der Waals surface area contributed by atoms with E-state index in [1.807, 2.05) is 0 Å². The highest BCUT2D eigenvalue weighted by Gasteiger charge is 1.88. The van der Waals surface area contributed by atoms with E-state index in [4.69, 9.17) is 5.11 Å². The summed E-state index contributed by atoms with van der Waals surface area (Å²) < 4.78 is 0. The van der Waals surface area contributed by atoms with E-state index in [1.165, 1.54) is 25.7 Å². The molecule has 0 aromatic rings. The van der Waals surface area contributed by atoms with Crippen molar-refractivity contribution in [3.05, 3.63) is 6.42 Å². The molecule has 0 atom stereocenters. The van der Waals surface area contributed by atoms with Crippen molar-refractivity contribution in [3.8, 4) is 0 Å². The molecule has 0 fully saturated rings. The second kappa shape index (κ2) is 8.96. The molecule has 1 N–H and O–H groups in total. The van der Waals surface area contributed by atoms with Gasteiger partial charge in [0.25, 0.3) is 0 Å². The third-order valence-corrected chi connectivity index (χ3v) is 1.58. The molecular weight excluding hydrogens is 124 g/mol. The van der Waals surface area contributed by atoms with Crippen molar-refractivity contribution in [2.24, 2.45) is 0 Å². The van der Waals surface area contributed by atoms with Crippen LogP contribution in [-0.4, -0.2) is 11.7 Å². The molecule has 10 heavy (non-hydrogen) atoms. The summed E-state index contributed by atoms with van der Waals surface area (Å²) in [5.41, 5.74) is 0. The van der Waals surface area contributed by atoms with Gasteiger partial charge in [-0.25, -0.2) is 0 Å². The molecule has 1 heteroatoms. The van der Waals surface area contributed by atoms with Gasteiger partial charge in [0.05, 0.1) is 0 Å². The van der Waals surface area contributed by atoms with E-state index in [1.54, 1.807) is 0 Å². The van der Waals surface area contributed by atoms with Crippen LogP contribution in [0.3, 0.4) is 0 Å². The van der Waals surface area contributed by atoms with E-state index in [9.17, 15) is 0 Å². The summed E-state index contributed by atoms with van der Waals surface area (Å²) in [7, 11) is 0. The average Bonchev–Trinajstić information content (AvgIpc) is 1.97. The highest BCUT2D eigenvalue weighted by Crippen LogP contribution is 2.04. The van der Waals surface area contributed by atoms with Gasteiger partial charge in [0, 0.05) is 6.61 Å². The van der Waals surface area contributed by atoms with Gasteiger partial charge in [0.2, 0.25) is 0 Å². The molecule has 0 aliphatic rings. The van der Waals surface area contributed by atoms with Crippen LogP contribution in [0.5, 0.6) is 0 Å². The Hall–Kier alpha value is -0.0400. The molecule has 0 bridgehead atoms. The number of aliphatic hydroxyl groups excluding tert-OH is 1. The predicted molar refractivity (Wildman–Crippen MR) is 44.8 cm³/mol. The van der Waals surface area contributed by atoms with E-state index in [0.29, 0.717) is 6.61 Å². The van der Waals surface area contributed by atoms with Gasteiger partial charge >= 0.3 is 0 Å². The fourth-order valence-electron chi connectivity index (χ4n) is 0.893. The Morgan fingerprint density at radius 3 is 2.40 bits per heavy atom. The van der Waals surface area contributed by atoms with Crippen LogP contribution >= 0.6 is 0 Å². The maximum absolute atomic E-state index is 8.46. The number of rotatable bonds is 7. The van der Waals surface area contributed by atoms with Gasteiger partial charge in [-0.3, -0.25) is 0 Å². The second-order valence-electron chi connectivity index (χ2n) is 2.65. The van der Waals surface area contributed by atoms with Crippen LogP contribution in [0.15, 0.2) is 0 Å². The Kier molecular flexibility index (Phi) is 8.92. The minimum atomic E-state index is 0.349. The van der Waals surface area contributed by atoms with Crippen LogP contribution in [0.1, 0.15) is 45.4 Å². The van der Waals surface area contributed by atoms with E-state index in [-0.39, 0.29) is 0 Å². The first kappa shape index (κ1) is 9.96. The Bertz CT molecular complexity index is 44.7. The van der Waals surface area contributed by atoms with Crippen LogP contribution in [0.2, 0.25) is 0 Å². The highest BCUT2D eigenvalue weighted by molar-refractivity contribution is 4.63. The maximum atomic E-state index is 8.46. The van der Waals surface area contributed by atoms with Gasteiger partial charge in [0.1, 0.15) is 0 Å². The summed E-state index contributed by atoms with van der Waals surface area (Å²) >= 11 is 0. The monoisotopic (exact) mass is 143 g/mol. The third-order valence-electron chi connectivity index (χ3n) is 1.58. The van der Waals surface area contributed by atoms with Crippen LogP contribution in [0.25, 0.3) is 0 Å². The van der Waals surface area contributed by atoms with Crippen LogP contribution in [0.4, 0.5) is 0 Å². The van der Waals surface area contributed by atoms with Crippen molar-refractivity contribution in [1.29, 1.82) is 0 Å². The van der Waals surface area contributed by atoms with Gasteiger partial charge < -0.3 is 5.11 Å². The summed E-state index contributed by atoms with van der Waals surface area (Å²) in [5.74, 6) is 0. The first-order valence-corrected chi connectivity index (χ1v) is 4.34. The van der Waals surface area contributed by atoms with Crippen molar-refractivity contribution in [1.82, 2.24) is 0 Å². The molecule has 0 saturated carbocycles. The molecule has 0 aliphatic heterocycles. The van der Waals surface area contributed by atoms with Crippen molar-refractivity contribution in [2.45, 2.75) is 45.4 Å². The van der Waals surface area contributed by atoms with Gasteiger partial charge in [-0.2, -0.15) is 0 Å². The molecule has 0 aromatic carbocycles. The Balaban J connectivity index is 2.65. The van der Waals surface area contributed by atoms with Gasteiger partial charge in [0.15, 0.2) is 0 Å². The van der Waals surface area contributed by atoms with Gasteiger partial charge in [-0.15, -0.1) is 0 Å². The van der Waals surface area contributed by atoms with Crippen LogP contribution < -0.4 is 0 Å². The summed E-state index contributed by atoms with van der Waals surface area (Å²) in [6.45, 7) is 2.56. The molecule has 0 aromatic heterocycles. The number of aliphatic hydroxyl groups is 1. The first-order valence-electron chi connectivity index (χ1n) is 4.34. The van der Waals surface area contributed by atoms with Crippen molar-refractivity contribution in [2.75, 3.05) is 6.61 Å². The molecule has 0 amide bonds. The lowest BCUT2D eigenvalue weighted by Crippen LogP contribution is -1.83. The smallest absolute Gasteiger partial charge is 0.0431 e. The second-order valence-corrected chi connectivity index (χ2v) is 2.65. The average molecular weight is 143 g/mol. The molecule has 1 radical (unpaired) electrons. The minimum Gasteiger partial charge on any atom is -0.396 e. The summed E-state index contributed by atoms with van der Waals surface area (Å²) in [6, 6.07) is 0. The topological polar surface area (TPSA) is 20.2 Å². The molecule has 0 unspecified atom stereocenters. The number of unbranched alkanes of at least 4 members (excludes halogenated alkanes) is 6. The molecule has 0 heterocycles. The SMILES string of the molecule is CCCC[CH]CCCCO. The molecule has 0 rings (SSSR count). The summed E-state index contributed by atoms with van der Waals surface area (Å²) in [5, 5.41) is 8.46. The van der Waals surface area contributed by atoms with E-state index in [2.05, 4.69) is 13.3 Å². The predicted octanol–water partition coefficient (Wildman–Crippen LogP) is 2.54. The zero-order valence-electron chi connectivity index (χ0n) is 6.97. The van der Waals surface area contributed by atoms with E-state index in [0.717, 1.165) is 12.8 Å². The molecule has 0 spiro atoms. The zero-order chi connectivity index (χ0) is 7.66. The Labute approximate surface area is 64.5 Å². The van der Waals surface area contributed by atoms with Crippen molar-refractivity contribution >= 4 is 0 Å². The molecule has 0 saturated heterocycles. The zero-order valence-corrected chi connectivity index (χ0v) is 6.97. The number of hydrogen-bond donors (Lipinski definition) is 1. The van der Waals surface area contributed by atoms with Crippen molar-refractivity contribution in [3.63, 3.8) is 0 Å². The lowest BCUT2D eigenvalue weighted by atomic mass is 10.1. The first-order chi connectivity index (χ1) is 4.91. The van der Waals surface area contributed by atoms with E-state index < -0.39 is 0 Å². The molecule has 0 aliphatic carbocycles. The van der Waals surface area contributed by atoms with Crippen LogP contribution in [-0.2, 0) is 0 Å². The van der Waals surface area contributed by atoms with Gasteiger partial charge in [-0.05, 0) is 12.8 Å². The molecule has 1 nitrogen and oxygen atoms in total. The molecular formula is C9H19O. The van der Waals surface area contributed by atoms with Gasteiger partial charge in [-0.1, -0.05) is 39.0 Å². The molecule has 61 valence electrons. The standard InChI is InChI=1S/C9H19O/c1-2-3-4-5-6-7-8-9-10/h5,10H,2-4,6-9H2,1H3. The highest BCUT2D eigenvalue weighted by atomic mass is 16.2. The lowest BCUT2D eigenvalue weighted by molar-refractivity contribution is 0.284. The fraction of sp³-hybridized carbons (Fsp3) is 0.889. The third kappa shape index (κ3) is 7.96. The fourth-order valence-corrected chi connectivity index (χ4v) is 0.893. The summed E-state index contributed by atoms with van der Waals surface area (Å²) in [4.78, 5) is 0. The quantitative estimate of drug-likeness (QED) is 0.543. The normalized spacial score (nSPS) is 10.2. The Morgan fingerprint density at radius 2 is 1.80 bits per heavy atom. The Morgan fingerprint density at radius 1 is 1.10 bits per heavy atom. The minimum absolute atomic E-state index is 0.349. The number of hydrogen-bond acceptors (Lipinski definition) is 1. The van der Waals surface area contributed by atoms with Crippen molar-refractivity contribution < 1.29 is 5.11 Å². The largest absolute Gasteiger partial charge is 0.396 e.